The molecule has 0 heterocycles. The highest BCUT2D eigenvalue weighted by molar-refractivity contribution is 5.95. The van der Waals surface area contributed by atoms with Gasteiger partial charge < -0.3 is 10.1 Å². The number of amides is 3. The van der Waals surface area contributed by atoms with E-state index in [0.29, 0.717) is 13.2 Å². The van der Waals surface area contributed by atoms with Gasteiger partial charge >= 0.3 is 12.0 Å². The number of unbranched alkanes of at least 4 members (excludes halogenated alkanes) is 1. The second kappa shape index (κ2) is 11.1. The summed E-state index contributed by atoms with van der Waals surface area (Å²) >= 11 is 0. The molecule has 0 unspecified atom stereocenters. The number of rotatable bonds is 9. The van der Waals surface area contributed by atoms with Crippen LogP contribution in [0, 0.1) is 0 Å². The Labute approximate surface area is 126 Å². The summed E-state index contributed by atoms with van der Waals surface area (Å²) in [5.74, 6) is -0.826. The highest BCUT2D eigenvalue weighted by Gasteiger charge is 2.19. The molecule has 0 saturated carbocycles. The van der Waals surface area contributed by atoms with Gasteiger partial charge in [0.05, 0.1) is 19.7 Å². The van der Waals surface area contributed by atoms with Crippen molar-refractivity contribution in [2.75, 3.05) is 26.2 Å². The summed E-state index contributed by atoms with van der Waals surface area (Å²) in [5, 5.41) is 4.84. The Morgan fingerprint density at radius 1 is 1.14 bits per heavy atom. The van der Waals surface area contributed by atoms with Crippen LogP contribution in [0.15, 0.2) is 0 Å². The fraction of sp³-hybridized carbons (Fsp3) is 0.786. The number of urea groups is 1. The maximum atomic E-state index is 11.8. The lowest BCUT2D eigenvalue weighted by Gasteiger charge is -2.24. The lowest BCUT2D eigenvalue weighted by atomic mass is 10.3. The van der Waals surface area contributed by atoms with E-state index in [4.69, 9.17) is 4.74 Å². The van der Waals surface area contributed by atoms with Gasteiger partial charge in [-0.05, 0) is 27.2 Å². The Morgan fingerprint density at radius 2 is 1.81 bits per heavy atom. The van der Waals surface area contributed by atoms with Gasteiger partial charge in [0.1, 0.15) is 0 Å². The molecule has 0 bridgehead atoms. The van der Waals surface area contributed by atoms with Crippen LogP contribution in [0.4, 0.5) is 4.79 Å². The molecule has 0 atom stereocenters. The summed E-state index contributed by atoms with van der Waals surface area (Å²) < 4.78 is 4.86. The molecule has 0 saturated heterocycles. The lowest BCUT2D eigenvalue weighted by molar-refractivity contribution is -0.145. The van der Waals surface area contributed by atoms with Crippen LogP contribution in [0.3, 0.4) is 0 Å². The first kappa shape index (κ1) is 19.4. The number of imide groups is 1. The van der Waals surface area contributed by atoms with Crippen LogP contribution in [0.5, 0.6) is 0 Å². The van der Waals surface area contributed by atoms with Crippen LogP contribution < -0.4 is 10.6 Å². The Balaban J connectivity index is 4.22. The van der Waals surface area contributed by atoms with E-state index in [1.165, 1.54) is 0 Å². The fourth-order valence-electron chi connectivity index (χ4n) is 1.57. The van der Waals surface area contributed by atoms with Crippen molar-refractivity contribution in [3.05, 3.63) is 0 Å². The molecule has 3 amide bonds. The van der Waals surface area contributed by atoms with Crippen LogP contribution in [0.2, 0.25) is 0 Å². The summed E-state index contributed by atoms with van der Waals surface area (Å²) in [5.41, 5.74) is 0. The van der Waals surface area contributed by atoms with E-state index in [-0.39, 0.29) is 25.1 Å². The number of nitrogens with zero attached hydrogens (tertiary/aromatic N) is 1. The maximum absolute atomic E-state index is 11.8. The maximum Gasteiger partial charge on any atom is 0.321 e. The second-order valence-electron chi connectivity index (χ2n) is 4.96. The van der Waals surface area contributed by atoms with Gasteiger partial charge in [0, 0.05) is 12.6 Å². The molecule has 0 aromatic rings. The van der Waals surface area contributed by atoms with E-state index >= 15 is 0 Å². The molecule has 7 nitrogen and oxygen atoms in total. The summed E-state index contributed by atoms with van der Waals surface area (Å²) in [7, 11) is 0. The molecule has 0 rings (SSSR count). The van der Waals surface area contributed by atoms with Gasteiger partial charge in [-0.2, -0.15) is 0 Å². The normalized spacial score (nSPS) is 10.6. The monoisotopic (exact) mass is 301 g/mol. The first-order valence-corrected chi connectivity index (χ1v) is 7.38. The van der Waals surface area contributed by atoms with Gasteiger partial charge in [-0.1, -0.05) is 13.3 Å². The minimum atomic E-state index is -0.506. The molecule has 0 fully saturated rings. The third kappa shape index (κ3) is 9.84. The van der Waals surface area contributed by atoms with E-state index in [2.05, 4.69) is 10.6 Å². The van der Waals surface area contributed by atoms with Gasteiger partial charge in [0.2, 0.25) is 5.91 Å². The zero-order valence-electron chi connectivity index (χ0n) is 13.4. The number of carbonyl (C=O) groups is 3. The van der Waals surface area contributed by atoms with Crippen molar-refractivity contribution in [1.29, 1.82) is 0 Å². The number of esters is 1. The summed E-state index contributed by atoms with van der Waals surface area (Å²) in [6.07, 6.45) is 1.83. The first-order valence-electron chi connectivity index (χ1n) is 7.38. The van der Waals surface area contributed by atoms with E-state index < -0.39 is 11.9 Å². The minimum absolute atomic E-state index is 0.0108. The van der Waals surface area contributed by atoms with Crippen LogP contribution >= 0.6 is 0 Å². The van der Waals surface area contributed by atoms with Gasteiger partial charge in [0.25, 0.3) is 0 Å². The van der Waals surface area contributed by atoms with Gasteiger partial charge in [-0.25, -0.2) is 4.79 Å². The topological polar surface area (TPSA) is 87.7 Å². The highest BCUT2D eigenvalue weighted by atomic mass is 16.5. The van der Waals surface area contributed by atoms with E-state index in [0.717, 1.165) is 12.8 Å². The third-order valence-electron chi connectivity index (χ3n) is 2.78. The van der Waals surface area contributed by atoms with Gasteiger partial charge in [-0.3, -0.25) is 19.8 Å². The molecule has 21 heavy (non-hydrogen) atoms. The molecule has 0 aliphatic heterocycles. The van der Waals surface area contributed by atoms with Crippen LogP contribution in [0.1, 0.15) is 40.5 Å². The van der Waals surface area contributed by atoms with Crippen molar-refractivity contribution < 1.29 is 19.1 Å². The average Bonchev–Trinajstić information content (AvgIpc) is 2.38. The average molecular weight is 301 g/mol. The predicted molar refractivity (Wildman–Crippen MR) is 79.8 cm³/mol. The summed E-state index contributed by atoms with van der Waals surface area (Å²) in [4.78, 5) is 36.3. The Kier molecular flexibility index (Phi) is 10.2. The van der Waals surface area contributed by atoms with Gasteiger partial charge in [0.15, 0.2) is 0 Å². The molecule has 7 heteroatoms. The number of hydrogen-bond donors (Lipinski definition) is 2. The van der Waals surface area contributed by atoms with Crippen molar-refractivity contribution in [3.63, 3.8) is 0 Å². The number of carbonyl (C=O) groups excluding carboxylic acids is 3. The summed E-state index contributed by atoms with van der Waals surface area (Å²) in [6.45, 7) is 8.31. The molecular formula is C14H27N3O4. The molecule has 0 aliphatic carbocycles. The first-order chi connectivity index (χ1) is 9.90. The van der Waals surface area contributed by atoms with E-state index in [1.807, 2.05) is 20.8 Å². The van der Waals surface area contributed by atoms with Crippen LogP contribution in [-0.4, -0.2) is 55.1 Å². The van der Waals surface area contributed by atoms with Crippen molar-refractivity contribution >= 4 is 17.9 Å². The SMILES string of the molecule is CCCCNC(=O)NC(=O)CN(CC(=O)OCC)C(C)C. The second-order valence-corrected chi connectivity index (χ2v) is 4.96. The summed E-state index contributed by atoms with van der Waals surface area (Å²) in [6, 6.07) is -0.517. The van der Waals surface area contributed by atoms with E-state index in [1.54, 1.807) is 11.8 Å². The number of ether oxygens (including phenoxy) is 1. The highest BCUT2D eigenvalue weighted by Crippen LogP contribution is 1.98. The van der Waals surface area contributed by atoms with Crippen molar-refractivity contribution in [1.82, 2.24) is 15.5 Å². The zero-order chi connectivity index (χ0) is 16.3. The molecule has 2 N–H and O–H groups in total. The third-order valence-corrected chi connectivity index (χ3v) is 2.78. The molecule has 0 aliphatic rings. The van der Waals surface area contributed by atoms with Crippen LogP contribution in [0.25, 0.3) is 0 Å². The Hall–Kier alpha value is -1.63. The minimum Gasteiger partial charge on any atom is -0.465 e. The Morgan fingerprint density at radius 3 is 2.33 bits per heavy atom. The number of hydrogen-bond acceptors (Lipinski definition) is 5. The molecule has 0 aromatic heterocycles. The van der Waals surface area contributed by atoms with Crippen LogP contribution in [-0.2, 0) is 14.3 Å². The zero-order valence-corrected chi connectivity index (χ0v) is 13.4. The predicted octanol–water partition coefficient (Wildman–Crippen LogP) is 0.886. The smallest absolute Gasteiger partial charge is 0.321 e. The van der Waals surface area contributed by atoms with E-state index in [9.17, 15) is 14.4 Å². The van der Waals surface area contributed by atoms with Crippen molar-refractivity contribution in [3.8, 4) is 0 Å². The fourth-order valence-corrected chi connectivity index (χ4v) is 1.57. The van der Waals surface area contributed by atoms with Crippen molar-refractivity contribution in [2.45, 2.75) is 46.6 Å². The Bertz CT molecular complexity index is 345. The molecule has 0 spiro atoms. The van der Waals surface area contributed by atoms with Gasteiger partial charge in [-0.15, -0.1) is 0 Å². The standard InChI is InChI=1S/C14H27N3O4/c1-5-7-8-15-14(20)16-12(18)9-17(11(3)4)10-13(19)21-6-2/h11H,5-10H2,1-4H3,(H2,15,16,18,20). The molecule has 0 aromatic carbocycles. The lowest BCUT2D eigenvalue weighted by Crippen LogP contribution is -2.47. The molecular weight excluding hydrogens is 274 g/mol. The quantitative estimate of drug-likeness (QED) is 0.488. The largest absolute Gasteiger partial charge is 0.465 e. The molecule has 0 radical (unpaired) electrons. The van der Waals surface area contributed by atoms with Crippen molar-refractivity contribution in [2.24, 2.45) is 0 Å². The molecule has 122 valence electrons. The number of nitrogens with one attached hydrogen (secondary N) is 2.